The summed E-state index contributed by atoms with van der Waals surface area (Å²) in [5.74, 6) is 0. The summed E-state index contributed by atoms with van der Waals surface area (Å²) in [7, 11) is 0. The molecule has 124 valence electrons. The molecule has 0 aliphatic heterocycles. The van der Waals surface area contributed by atoms with Gasteiger partial charge in [0.15, 0.2) is 0 Å². The maximum absolute atomic E-state index is 7.50. The van der Waals surface area contributed by atoms with Crippen molar-refractivity contribution in [1.29, 1.82) is 0 Å². The molecule has 0 saturated carbocycles. The quantitative estimate of drug-likeness (QED) is 0.281. The Balaban J connectivity index is -0.0000000213. The van der Waals surface area contributed by atoms with Crippen LogP contribution in [0.25, 0.3) is 0 Å². The monoisotopic (exact) mass is 496 g/mol. The number of hydrogen-bond donors (Lipinski definition) is 0. The third kappa shape index (κ3) is 105. The standard InChI is InChI=1S/2C5H6.6CO.2Mo/c2*1-2-4-5-3-1;6*1-2;;/h2*1-4H,5H2;;;;;;;;. The van der Waals surface area contributed by atoms with Gasteiger partial charge in [-0.3, -0.25) is 0 Å². The molecule has 2 aliphatic carbocycles. The van der Waals surface area contributed by atoms with E-state index in [1.807, 2.05) is 0 Å². The fourth-order valence-corrected chi connectivity index (χ4v) is 0.786. The third-order valence-electron chi connectivity index (χ3n) is 1.31. The average molecular weight is 492 g/mol. The Kier molecular flexibility index (Phi) is 252. The summed E-state index contributed by atoms with van der Waals surface area (Å²) >= 11 is 0. The fraction of sp³-hybridized carbons (Fsp3) is 0.125. The maximum Gasteiger partial charge on any atom is 0 e. The minimum Gasteiger partial charge on any atom is 0 e. The van der Waals surface area contributed by atoms with Crippen LogP contribution >= 0.6 is 0 Å². The summed E-state index contributed by atoms with van der Waals surface area (Å²) < 4.78 is 45.0. The van der Waals surface area contributed by atoms with Crippen LogP contribution in [0, 0.1) is 39.9 Å². The molecule has 24 heavy (non-hydrogen) atoms. The van der Waals surface area contributed by atoms with E-state index in [2.05, 4.69) is 88.5 Å². The Bertz CT molecular complexity index is 321. The number of rotatable bonds is 0. The fourth-order valence-electron chi connectivity index (χ4n) is 0.786. The summed E-state index contributed by atoms with van der Waals surface area (Å²) in [5.41, 5.74) is 0. The van der Waals surface area contributed by atoms with Crippen LogP contribution < -0.4 is 0 Å². The summed E-state index contributed by atoms with van der Waals surface area (Å²) in [5, 5.41) is 0. The Morgan fingerprint density at radius 1 is 0.375 bits per heavy atom. The van der Waals surface area contributed by atoms with E-state index in [4.69, 9.17) is 27.9 Å². The van der Waals surface area contributed by atoms with E-state index >= 15 is 0 Å². The molecule has 0 radical (unpaired) electrons. The van der Waals surface area contributed by atoms with E-state index in [1.165, 1.54) is 0 Å². The first kappa shape index (κ1) is 49.5. The van der Waals surface area contributed by atoms with Crippen LogP contribution in [0.15, 0.2) is 48.6 Å². The van der Waals surface area contributed by atoms with Gasteiger partial charge in [0.2, 0.25) is 0 Å². The molecule has 0 saturated heterocycles. The summed E-state index contributed by atoms with van der Waals surface area (Å²) in [6.45, 7) is 27.0. The SMILES string of the molecule is C1=CCC=C1.C1=CCC=C1.[C-]#[O+].[C-]#[O+].[C-]#[O+].[C-]#[O+].[C-]#[O+].[C-]#[O+].[Mo].[Mo]. The minimum absolute atomic E-state index is 0. The molecule has 0 aromatic carbocycles. The molecule has 0 N–H and O–H groups in total. The minimum atomic E-state index is 0. The van der Waals surface area contributed by atoms with Crippen molar-refractivity contribution in [1.82, 2.24) is 0 Å². The molecule has 0 heterocycles. The van der Waals surface area contributed by atoms with Gasteiger partial charge in [0.05, 0.1) is 0 Å². The summed E-state index contributed by atoms with van der Waals surface area (Å²) in [4.78, 5) is 0. The largest absolute Gasteiger partial charge is 0 e. The normalized spacial score (nSPS) is 7.83. The van der Waals surface area contributed by atoms with E-state index in [9.17, 15) is 0 Å². The van der Waals surface area contributed by atoms with Crippen molar-refractivity contribution < 1.29 is 70.0 Å². The molecule has 8 heteroatoms. The first-order valence-electron chi connectivity index (χ1n) is 4.86. The van der Waals surface area contributed by atoms with E-state index in [0.29, 0.717) is 0 Å². The van der Waals surface area contributed by atoms with E-state index in [1.54, 1.807) is 0 Å². The van der Waals surface area contributed by atoms with Crippen molar-refractivity contribution >= 4 is 0 Å². The Morgan fingerprint density at radius 3 is 0.542 bits per heavy atom. The first-order chi connectivity index (χ1) is 11.0. The van der Waals surface area contributed by atoms with E-state index in [0.717, 1.165) is 12.8 Å². The molecule has 0 atom stereocenters. The number of allylic oxidation sites excluding steroid dienone is 8. The average Bonchev–Trinajstić information content (AvgIpc) is 3.43. The van der Waals surface area contributed by atoms with Crippen molar-refractivity contribution in [2.24, 2.45) is 0 Å². The molecular formula is C16H12Mo2O6. The van der Waals surface area contributed by atoms with Crippen LogP contribution in [0.1, 0.15) is 12.8 Å². The molecule has 0 fully saturated rings. The van der Waals surface area contributed by atoms with Crippen molar-refractivity contribution in [3.8, 4) is 0 Å². The van der Waals surface area contributed by atoms with Crippen LogP contribution in [-0.4, -0.2) is 0 Å². The second-order valence-corrected chi connectivity index (χ2v) is 2.18. The van der Waals surface area contributed by atoms with Crippen LogP contribution in [0.3, 0.4) is 0 Å². The van der Waals surface area contributed by atoms with Crippen LogP contribution in [0.2, 0.25) is 0 Å². The van der Waals surface area contributed by atoms with Crippen molar-refractivity contribution in [2.45, 2.75) is 12.8 Å². The number of hydrogen-bond acceptors (Lipinski definition) is 0. The molecule has 2 aliphatic rings. The van der Waals surface area contributed by atoms with Crippen LogP contribution in [0.4, 0.5) is 0 Å². The maximum atomic E-state index is 7.50. The van der Waals surface area contributed by atoms with Gasteiger partial charge in [0, 0.05) is 42.1 Å². The predicted octanol–water partition coefficient (Wildman–Crippen LogP) is 2.77. The first-order valence-corrected chi connectivity index (χ1v) is 4.86. The molecule has 0 amide bonds. The Morgan fingerprint density at radius 2 is 0.500 bits per heavy atom. The van der Waals surface area contributed by atoms with Crippen molar-refractivity contribution in [3.63, 3.8) is 0 Å². The van der Waals surface area contributed by atoms with Gasteiger partial charge in [0.25, 0.3) is 0 Å². The molecule has 6 nitrogen and oxygen atoms in total. The van der Waals surface area contributed by atoms with Crippen molar-refractivity contribution in [2.75, 3.05) is 0 Å². The Hall–Kier alpha value is -1.22. The molecule has 0 aromatic rings. The van der Waals surface area contributed by atoms with Gasteiger partial charge in [-0.2, -0.15) is 0 Å². The van der Waals surface area contributed by atoms with E-state index < -0.39 is 0 Å². The molecule has 0 bridgehead atoms. The van der Waals surface area contributed by atoms with Gasteiger partial charge < -0.3 is 0 Å². The molecule has 0 aromatic heterocycles. The second-order valence-electron chi connectivity index (χ2n) is 2.18. The Labute approximate surface area is 171 Å². The zero-order valence-corrected chi connectivity index (χ0v) is 16.3. The van der Waals surface area contributed by atoms with Gasteiger partial charge in [-0.25, -0.2) is 0 Å². The van der Waals surface area contributed by atoms with E-state index in [-0.39, 0.29) is 42.1 Å². The predicted molar refractivity (Wildman–Crippen MR) is 69.4 cm³/mol. The van der Waals surface area contributed by atoms with Gasteiger partial charge >= 0.3 is 67.8 Å². The van der Waals surface area contributed by atoms with Crippen LogP contribution in [0.5, 0.6) is 0 Å². The van der Waals surface area contributed by atoms with Gasteiger partial charge in [0.1, 0.15) is 0 Å². The topological polar surface area (TPSA) is 119 Å². The van der Waals surface area contributed by atoms with Gasteiger partial charge in [-0.15, -0.1) is 0 Å². The summed E-state index contributed by atoms with van der Waals surface area (Å²) in [6.07, 6.45) is 19.0. The van der Waals surface area contributed by atoms with Crippen molar-refractivity contribution in [3.05, 3.63) is 88.5 Å². The zero-order valence-electron chi connectivity index (χ0n) is 12.3. The molecule has 0 spiro atoms. The third-order valence-corrected chi connectivity index (χ3v) is 1.31. The second kappa shape index (κ2) is 122. The van der Waals surface area contributed by atoms with Gasteiger partial charge in [-0.05, 0) is 12.8 Å². The zero-order chi connectivity index (χ0) is 19.1. The molecule has 2 rings (SSSR count). The van der Waals surface area contributed by atoms with Crippen LogP contribution in [-0.2, 0) is 70.0 Å². The van der Waals surface area contributed by atoms with Gasteiger partial charge in [-0.1, -0.05) is 48.6 Å². The molecular weight excluding hydrogens is 480 g/mol. The molecule has 0 unspecified atom stereocenters. The smallest absolute Gasteiger partial charge is 0 e. The summed E-state index contributed by atoms with van der Waals surface area (Å²) in [6, 6.07) is 0.